The third-order valence-electron chi connectivity index (χ3n) is 5.50. The second-order valence-electron chi connectivity index (χ2n) is 7.51. The molecular formula is C23H29IN4O. The molecule has 1 aromatic heterocycles. The predicted octanol–water partition coefficient (Wildman–Crippen LogP) is 4.43. The molecule has 1 aliphatic rings. The first-order chi connectivity index (χ1) is 13.7. The molecule has 5 nitrogen and oxygen atoms in total. The predicted molar refractivity (Wildman–Crippen MR) is 130 cm³/mol. The number of benzene rings is 2. The maximum absolute atomic E-state index is 6.17. The standard InChI is InChI=1S/C23H28N4O.HI/c1-17-21(20-9-5-6-10-22(20)28-17)15-25-23(24)26-19-11-13-27(14-12-19)16-18-7-3-2-4-8-18;/h2-10,19H,11-16H2,1H3,(H3,24,25,26);1H. The van der Waals surface area contributed by atoms with Crippen LogP contribution in [0.1, 0.15) is 29.7 Å². The molecule has 0 atom stereocenters. The van der Waals surface area contributed by atoms with E-state index in [1.165, 1.54) is 5.56 Å². The second-order valence-corrected chi connectivity index (χ2v) is 7.51. The van der Waals surface area contributed by atoms with E-state index in [4.69, 9.17) is 10.2 Å². The lowest BCUT2D eigenvalue weighted by Gasteiger charge is -2.32. The van der Waals surface area contributed by atoms with E-state index in [-0.39, 0.29) is 24.0 Å². The summed E-state index contributed by atoms with van der Waals surface area (Å²) in [6.45, 7) is 5.69. The molecule has 0 radical (unpaired) electrons. The molecule has 4 rings (SSSR count). The Morgan fingerprint density at radius 3 is 2.55 bits per heavy atom. The maximum Gasteiger partial charge on any atom is 0.189 e. The van der Waals surface area contributed by atoms with Crippen molar-refractivity contribution < 1.29 is 4.42 Å². The Bertz CT molecular complexity index is 946. The van der Waals surface area contributed by atoms with Crippen LogP contribution < -0.4 is 11.1 Å². The molecule has 1 aliphatic heterocycles. The molecule has 0 unspecified atom stereocenters. The molecule has 1 fully saturated rings. The minimum atomic E-state index is 0. The number of halogens is 1. The van der Waals surface area contributed by atoms with Gasteiger partial charge in [0.2, 0.25) is 0 Å². The molecule has 29 heavy (non-hydrogen) atoms. The van der Waals surface area contributed by atoms with Gasteiger partial charge in [-0.2, -0.15) is 0 Å². The molecule has 0 amide bonds. The average Bonchev–Trinajstić information content (AvgIpc) is 3.04. The van der Waals surface area contributed by atoms with Crippen molar-refractivity contribution >= 4 is 40.9 Å². The van der Waals surface area contributed by atoms with Crippen LogP contribution in [0.2, 0.25) is 0 Å². The number of nitrogens with two attached hydrogens (primary N) is 1. The van der Waals surface area contributed by atoms with Gasteiger partial charge in [-0.3, -0.25) is 4.90 Å². The van der Waals surface area contributed by atoms with Crippen molar-refractivity contribution in [3.8, 4) is 0 Å². The first-order valence-corrected chi connectivity index (χ1v) is 9.99. The number of hydrogen-bond acceptors (Lipinski definition) is 3. The van der Waals surface area contributed by atoms with Gasteiger partial charge >= 0.3 is 0 Å². The number of hydrogen-bond donors (Lipinski definition) is 2. The molecule has 2 aromatic carbocycles. The van der Waals surface area contributed by atoms with E-state index in [1.807, 2.05) is 25.1 Å². The Hall–Kier alpha value is -2.06. The van der Waals surface area contributed by atoms with E-state index in [0.717, 1.165) is 54.8 Å². The summed E-state index contributed by atoms with van der Waals surface area (Å²) in [6.07, 6.45) is 2.16. The molecule has 3 aromatic rings. The summed E-state index contributed by atoms with van der Waals surface area (Å²) in [7, 11) is 0. The van der Waals surface area contributed by atoms with Crippen LogP contribution in [0.4, 0.5) is 0 Å². The number of guanidine groups is 1. The SMILES string of the molecule is Cc1oc2ccccc2c1CN=C(N)NC1CCN(Cc2ccccc2)CC1.I. The minimum absolute atomic E-state index is 0. The monoisotopic (exact) mass is 504 g/mol. The lowest BCUT2D eigenvalue weighted by molar-refractivity contribution is 0.199. The van der Waals surface area contributed by atoms with Gasteiger partial charge < -0.3 is 15.5 Å². The number of nitrogens with one attached hydrogen (secondary N) is 1. The quantitative estimate of drug-likeness (QED) is 0.307. The fraction of sp³-hybridized carbons (Fsp3) is 0.348. The van der Waals surface area contributed by atoms with Crippen LogP contribution in [0.15, 0.2) is 64.0 Å². The Labute approximate surface area is 189 Å². The van der Waals surface area contributed by atoms with Crippen molar-refractivity contribution in [1.29, 1.82) is 0 Å². The van der Waals surface area contributed by atoms with E-state index >= 15 is 0 Å². The van der Waals surface area contributed by atoms with E-state index in [2.05, 4.69) is 51.6 Å². The van der Waals surface area contributed by atoms with Crippen molar-refractivity contribution in [2.45, 2.75) is 38.9 Å². The second kappa shape index (κ2) is 10.1. The van der Waals surface area contributed by atoms with Gasteiger partial charge in [-0.05, 0) is 31.4 Å². The highest BCUT2D eigenvalue weighted by Gasteiger charge is 2.19. The van der Waals surface area contributed by atoms with Gasteiger partial charge in [0, 0.05) is 36.6 Å². The summed E-state index contributed by atoms with van der Waals surface area (Å²) < 4.78 is 5.81. The minimum Gasteiger partial charge on any atom is -0.461 e. The first kappa shape index (κ1) is 21.6. The summed E-state index contributed by atoms with van der Waals surface area (Å²) >= 11 is 0. The van der Waals surface area contributed by atoms with Crippen LogP contribution in [-0.2, 0) is 13.1 Å². The number of fused-ring (bicyclic) bond motifs is 1. The number of furan rings is 1. The Balaban J connectivity index is 0.00000240. The molecule has 6 heteroatoms. The van der Waals surface area contributed by atoms with Gasteiger partial charge in [0.1, 0.15) is 11.3 Å². The fourth-order valence-corrected chi connectivity index (χ4v) is 3.91. The summed E-state index contributed by atoms with van der Waals surface area (Å²) in [5.74, 6) is 1.43. The zero-order valence-corrected chi connectivity index (χ0v) is 19.1. The van der Waals surface area contributed by atoms with Gasteiger partial charge in [0.25, 0.3) is 0 Å². The Kier molecular flexibility index (Phi) is 7.55. The van der Waals surface area contributed by atoms with Crippen molar-refractivity contribution in [2.75, 3.05) is 13.1 Å². The highest BCUT2D eigenvalue weighted by Crippen LogP contribution is 2.25. The number of aryl methyl sites for hydroxylation is 1. The fourth-order valence-electron chi connectivity index (χ4n) is 3.91. The van der Waals surface area contributed by atoms with Crippen LogP contribution in [0.3, 0.4) is 0 Å². The highest BCUT2D eigenvalue weighted by atomic mass is 127. The number of para-hydroxylation sites is 1. The van der Waals surface area contributed by atoms with E-state index in [9.17, 15) is 0 Å². The zero-order valence-electron chi connectivity index (χ0n) is 16.8. The Morgan fingerprint density at radius 2 is 1.79 bits per heavy atom. The molecule has 154 valence electrons. The third-order valence-corrected chi connectivity index (χ3v) is 5.50. The summed E-state index contributed by atoms with van der Waals surface area (Å²) in [5.41, 5.74) is 9.56. The lowest BCUT2D eigenvalue weighted by Crippen LogP contribution is -2.46. The number of rotatable bonds is 5. The molecule has 0 saturated carbocycles. The normalized spacial score (nSPS) is 16.0. The lowest BCUT2D eigenvalue weighted by atomic mass is 10.0. The first-order valence-electron chi connectivity index (χ1n) is 9.99. The van der Waals surface area contributed by atoms with E-state index < -0.39 is 0 Å². The Morgan fingerprint density at radius 1 is 1.10 bits per heavy atom. The summed E-state index contributed by atoms with van der Waals surface area (Å²) in [6, 6.07) is 19.1. The van der Waals surface area contributed by atoms with Crippen molar-refractivity contribution in [2.24, 2.45) is 10.7 Å². The van der Waals surface area contributed by atoms with Gasteiger partial charge in [-0.15, -0.1) is 24.0 Å². The van der Waals surface area contributed by atoms with Gasteiger partial charge in [-0.25, -0.2) is 4.99 Å². The van der Waals surface area contributed by atoms with Crippen molar-refractivity contribution in [1.82, 2.24) is 10.2 Å². The number of piperidine rings is 1. The summed E-state index contributed by atoms with van der Waals surface area (Å²) in [4.78, 5) is 7.07. The smallest absolute Gasteiger partial charge is 0.189 e. The van der Waals surface area contributed by atoms with Crippen LogP contribution in [0, 0.1) is 6.92 Å². The molecule has 0 aliphatic carbocycles. The van der Waals surface area contributed by atoms with Crippen LogP contribution in [0.25, 0.3) is 11.0 Å². The third kappa shape index (κ3) is 5.51. The molecule has 3 N–H and O–H groups in total. The van der Waals surface area contributed by atoms with Crippen molar-refractivity contribution in [3.63, 3.8) is 0 Å². The summed E-state index contributed by atoms with van der Waals surface area (Å²) in [5, 5.41) is 4.52. The zero-order chi connectivity index (χ0) is 19.3. The largest absolute Gasteiger partial charge is 0.461 e. The topological polar surface area (TPSA) is 66.8 Å². The molecule has 0 spiro atoms. The van der Waals surface area contributed by atoms with E-state index in [1.54, 1.807) is 0 Å². The average molecular weight is 504 g/mol. The number of nitrogens with zero attached hydrogens (tertiary/aromatic N) is 2. The van der Waals surface area contributed by atoms with Crippen LogP contribution >= 0.6 is 24.0 Å². The van der Waals surface area contributed by atoms with Gasteiger partial charge in [0.05, 0.1) is 6.54 Å². The van der Waals surface area contributed by atoms with E-state index in [0.29, 0.717) is 18.5 Å². The van der Waals surface area contributed by atoms with Crippen molar-refractivity contribution in [3.05, 3.63) is 71.5 Å². The van der Waals surface area contributed by atoms with Gasteiger partial charge in [-0.1, -0.05) is 48.5 Å². The van der Waals surface area contributed by atoms with Crippen LogP contribution in [-0.4, -0.2) is 30.0 Å². The van der Waals surface area contributed by atoms with Crippen LogP contribution in [0.5, 0.6) is 0 Å². The van der Waals surface area contributed by atoms with Gasteiger partial charge in [0.15, 0.2) is 5.96 Å². The molecule has 2 heterocycles. The highest BCUT2D eigenvalue weighted by molar-refractivity contribution is 14.0. The number of aliphatic imine (C=N–C) groups is 1. The molecule has 1 saturated heterocycles. The number of likely N-dealkylation sites (tertiary alicyclic amines) is 1. The maximum atomic E-state index is 6.17. The molecule has 0 bridgehead atoms. The molecular weight excluding hydrogens is 475 g/mol.